The van der Waals surface area contributed by atoms with Crippen LogP contribution in [0.25, 0.3) is 0 Å². The van der Waals surface area contributed by atoms with Gasteiger partial charge in [0.1, 0.15) is 6.10 Å². The van der Waals surface area contributed by atoms with Gasteiger partial charge in [-0.2, -0.15) is 5.26 Å². The molecule has 2 aliphatic carbocycles. The molecule has 3 heteroatoms. The smallest absolute Gasteiger partial charge is 0.309 e. The van der Waals surface area contributed by atoms with E-state index in [2.05, 4.69) is 19.9 Å². The van der Waals surface area contributed by atoms with E-state index in [1.165, 1.54) is 38.5 Å². The highest BCUT2D eigenvalue weighted by Gasteiger charge is 2.38. The van der Waals surface area contributed by atoms with Gasteiger partial charge in [0.15, 0.2) is 0 Å². The molecular weight excluding hydrogens is 310 g/mol. The lowest BCUT2D eigenvalue weighted by Crippen LogP contribution is -2.33. The van der Waals surface area contributed by atoms with Crippen molar-refractivity contribution >= 4 is 5.97 Å². The molecule has 0 saturated heterocycles. The maximum Gasteiger partial charge on any atom is 0.309 e. The molecule has 0 amide bonds. The molecule has 2 fully saturated rings. The quantitative estimate of drug-likeness (QED) is 0.390. The third-order valence-electron chi connectivity index (χ3n) is 6.55. The van der Waals surface area contributed by atoms with E-state index in [1.54, 1.807) is 0 Å². The number of esters is 1. The minimum absolute atomic E-state index is 0.0130. The van der Waals surface area contributed by atoms with Crippen LogP contribution in [0.4, 0.5) is 0 Å². The predicted octanol–water partition coefficient (Wildman–Crippen LogP) is 6.17. The van der Waals surface area contributed by atoms with Crippen molar-refractivity contribution < 1.29 is 9.53 Å². The summed E-state index contributed by atoms with van der Waals surface area (Å²) >= 11 is 0. The van der Waals surface area contributed by atoms with E-state index in [9.17, 15) is 10.1 Å². The Kier molecular flexibility index (Phi) is 8.27. The van der Waals surface area contributed by atoms with E-state index in [0.29, 0.717) is 0 Å². The van der Waals surface area contributed by atoms with E-state index < -0.39 is 0 Å². The minimum Gasteiger partial charge on any atom is -0.462 e. The number of carbonyl (C=O) groups excluding carboxylic acids is 1. The molecule has 0 aromatic heterocycles. The van der Waals surface area contributed by atoms with Crippen LogP contribution in [0.5, 0.6) is 0 Å². The van der Waals surface area contributed by atoms with Gasteiger partial charge in [-0.3, -0.25) is 4.79 Å². The third-order valence-corrected chi connectivity index (χ3v) is 6.55. The summed E-state index contributed by atoms with van der Waals surface area (Å²) in [6.07, 6.45) is 15.2. The maximum absolute atomic E-state index is 12.5. The summed E-state index contributed by atoms with van der Waals surface area (Å²) in [6.45, 7) is 4.44. The van der Waals surface area contributed by atoms with Crippen LogP contribution in [0.3, 0.4) is 0 Å². The van der Waals surface area contributed by atoms with Gasteiger partial charge in [-0.05, 0) is 63.7 Å². The van der Waals surface area contributed by atoms with Crippen molar-refractivity contribution in [3.8, 4) is 6.07 Å². The van der Waals surface area contributed by atoms with Crippen LogP contribution in [0.1, 0.15) is 104 Å². The predicted molar refractivity (Wildman–Crippen MR) is 101 cm³/mol. The normalized spacial score (nSPS) is 32.8. The zero-order valence-corrected chi connectivity index (χ0v) is 16.4. The molecule has 0 unspecified atom stereocenters. The number of carbonyl (C=O) groups is 1. The average Bonchev–Trinajstić information content (AvgIpc) is 2.64. The summed E-state index contributed by atoms with van der Waals surface area (Å²) in [7, 11) is 0. The van der Waals surface area contributed by atoms with Crippen LogP contribution in [0, 0.1) is 28.6 Å². The molecule has 2 aliphatic rings. The molecular formula is C22H37NO2. The molecule has 142 valence electrons. The summed E-state index contributed by atoms with van der Waals surface area (Å²) in [4.78, 5) is 12.5. The zero-order valence-electron chi connectivity index (χ0n) is 16.4. The third kappa shape index (κ3) is 6.01. The molecule has 0 spiro atoms. The van der Waals surface area contributed by atoms with Crippen LogP contribution in [0.15, 0.2) is 0 Å². The number of nitrogens with zero attached hydrogens (tertiary/aromatic N) is 1. The maximum atomic E-state index is 12.5. The van der Waals surface area contributed by atoms with Crippen molar-refractivity contribution in [2.75, 3.05) is 0 Å². The van der Waals surface area contributed by atoms with Gasteiger partial charge in [0.05, 0.1) is 17.4 Å². The Morgan fingerprint density at radius 2 is 1.72 bits per heavy atom. The fourth-order valence-electron chi connectivity index (χ4n) is 4.74. The van der Waals surface area contributed by atoms with Crippen LogP contribution in [0.2, 0.25) is 0 Å². The summed E-state index contributed by atoms with van der Waals surface area (Å²) in [5.41, 5.74) is -0.176. The Morgan fingerprint density at radius 1 is 1.04 bits per heavy atom. The van der Waals surface area contributed by atoms with Crippen LogP contribution >= 0.6 is 0 Å². The monoisotopic (exact) mass is 347 g/mol. The number of nitriles is 1. The van der Waals surface area contributed by atoms with Crippen molar-refractivity contribution in [2.45, 2.75) is 110 Å². The molecule has 0 heterocycles. The number of rotatable bonds is 8. The molecule has 0 aliphatic heterocycles. The summed E-state index contributed by atoms with van der Waals surface area (Å²) < 4.78 is 5.84. The van der Waals surface area contributed by atoms with Crippen molar-refractivity contribution in [2.24, 2.45) is 17.3 Å². The largest absolute Gasteiger partial charge is 0.462 e. The van der Waals surface area contributed by atoms with Gasteiger partial charge in [0.25, 0.3) is 0 Å². The second-order valence-electron chi connectivity index (χ2n) is 8.49. The zero-order chi connectivity index (χ0) is 18.1. The molecule has 25 heavy (non-hydrogen) atoms. The first kappa shape index (κ1) is 20.3. The highest BCUT2D eigenvalue weighted by atomic mass is 16.5. The highest BCUT2D eigenvalue weighted by molar-refractivity contribution is 5.72. The second kappa shape index (κ2) is 10.2. The molecule has 3 nitrogen and oxygen atoms in total. The molecule has 0 atom stereocenters. The Balaban J connectivity index is 1.73. The van der Waals surface area contributed by atoms with E-state index in [0.717, 1.165) is 57.3 Å². The van der Waals surface area contributed by atoms with Crippen molar-refractivity contribution in [3.63, 3.8) is 0 Å². The van der Waals surface area contributed by atoms with Crippen LogP contribution in [-0.2, 0) is 9.53 Å². The first-order chi connectivity index (χ1) is 12.1. The van der Waals surface area contributed by atoms with E-state index in [1.807, 2.05) is 0 Å². The summed E-state index contributed by atoms with van der Waals surface area (Å²) in [5.74, 6) is 0.883. The van der Waals surface area contributed by atoms with Gasteiger partial charge in [0.2, 0.25) is 0 Å². The SMILES string of the molecule is CCCCCC1(C#N)CCC(C(=O)OC2CCC(CCC)CC2)CC1. The molecule has 0 bridgehead atoms. The lowest BCUT2D eigenvalue weighted by Gasteiger charge is -2.35. The van der Waals surface area contributed by atoms with Crippen molar-refractivity contribution in [1.29, 1.82) is 5.26 Å². The summed E-state index contributed by atoms with van der Waals surface area (Å²) in [6, 6.07) is 2.58. The molecule has 2 rings (SSSR count). The number of ether oxygens (including phenoxy) is 1. The van der Waals surface area contributed by atoms with Crippen LogP contribution < -0.4 is 0 Å². The molecule has 0 aromatic carbocycles. The Hall–Kier alpha value is -1.04. The van der Waals surface area contributed by atoms with Crippen LogP contribution in [-0.4, -0.2) is 12.1 Å². The lowest BCUT2D eigenvalue weighted by molar-refractivity contribution is -0.157. The molecule has 0 N–H and O–H groups in total. The Morgan fingerprint density at radius 3 is 2.28 bits per heavy atom. The molecule has 2 saturated carbocycles. The van der Waals surface area contributed by atoms with Gasteiger partial charge in [0, 0.05) is 0 Å². The first-order valence-corrected chi connectivity index (χ1v) is 10.7. The number of hydrogen-bond acceptors (Lipinski definition) is 3. The first-order valence-electron chi connectivity index (χ1n) is 10.7. The van der Waals surface area contributed by atoms with Gasteiger partial charge < -0.3 is 4.74 Å². The van der Waals surface area contributed by atoms with Crippen molar-refractivity contribution in [1.82, 2.24) is 0 Å². The van der Waals surface area contributed by atoms with E-state index in [-0.39, 0.29) is 23.4 Å². The van der Waals surface area contributed by atoms with E-state index in [4.69, 9.17) is 4.74 Å². The Bertz CT molecular complexity index is 437. The Labute approximate surface area is 154 Å². The minimum atomic E-state index is -0.176. The molecule has 0 radical (unpaired) electrons. The lowest BCUT2D eigenvalue weighted by atomic mass is 9.69. The fourth-order valence-corrected chi connectivity index (χ4v) is 4.74. The topological polar surface area (TPSA) is 50.1 Å². The second-order valence-corrected chi connectivity index (χ2v) is 8.49. The standard InChI is InChI=1S/C22H37NO2/c1-3-5-6-14-22(17-23)15-12-19(13-16-22)21(24)25-20-10-8-18(7-4-2)9-11-20/h18-20H,3-16H2,1-2H3. The fraction of sp³-hybridized carbons (Fsp3) is 0.909. The number of hydrogen-bond donors (Lipinski definition) is 0. The van der Waals surface area contributed by atoms with E-state index >= 15 is 0 Å². The van der Waals surface area contributed by atoms with Gasteiger partial charge in [-0.25, -0.2) is 0 Å². The highest BCUT2D eigenvalue weighted by Crippen LogP contribution is 2.43. The van der Waals surface area contributed by atoms with Gasteiger partial charge >= 0.3 is 5.97 Å². The van der Waals surface area contributed by atoms with Crippen molar-refractivity contribution in [3.05, 3.63) is 0 Å². The molecule has 0 aromatic rings. The number of unbranched alkanes of at least 4 members (excludes halogenated alkanes) is 2. The average molecular weight is 348 g/mol. The van der Waals surface area contributed by atoms with Gasteiger partial charge in [-0.15, -0.1) is 0 Å². The van der Waals surface area contributed by atoms with Gasteiger partial charge in [-0.1, -0.05) is 46.0 Å². The summed E-state index contributed by atoms with van der Waals surface area (Å²) in [5, 5.41) is 9.63.